The van der Waals surface area contributed by atoms with Crippen molar-refractivity contribution in [3.8, 4) is 0 Å². The normalized spacial score (nSPS) is 42.0. The fraction of sp³-hybridized carbons (Fsp3) is 1.00. The minimum absolute atomic E-state index is 0.0203. The second kappa shape index (κ2) is 3.75. The van der Waals surface area contributed by atoms with E-state index < -0.39 is 0 Å². The molecule has 72 valence electrons. The van der Waals surface area contributed by atoms with E-state index in [1.165, 1.54) is 0 Å². The maximum Gasteiger partial charge on any atom is 0.0826 e. The molecule has 12 heavy (non-hydrogen) atoms. The first kappa shape index (κ1) is 10.0. The first-order valence-corrected chi connectivity index (χ1v) is 4.99. The first-order chi connectivity index (χ1) is 5.63. The van der Waals surface area contributed by atoms with E-state index in [0.29, 0.717) is 0 Å². The molecular weight excluding hydrogens is 152 g/mol. The third kappa shape index (κ3) is 1.80. The standard InChI is InChI=1S/C10H20O2/c1-4-6-10(5-2)7-9(11)8(3)12-10/h8-9,11H,4-7H2,1-3H3. The summed E-state index contributed by atoms with van der Waals surface area (Å²) in [5, 5.41) is 9.57. The van der Waals surface area contributed by atoms with E-state index in [-0.39, 0.29) is 17.8 Å². The lowest BCUT2D eigenvalue weighted by Gasteiger charge is -2.26. The molecule has 1 aliphatic heterocycles. The summed E-state index contributed by atoms with van der Waals surface area (Å²) in [6.07, 6.45) is 3.81. The molecule has 0 bridgehead atoms. The van der Waals surface area contributed by atoms with Crippen LogP contribution >= 0.6 is 0 Å². The molecule has 1 saturated heterocycles. The van der Waals surface area contributed by atoms with Crippen molar-refractivity contribution in [2.45, 2.75) is 64.3 Å². The molecule has 1 aliphatic rings. The Balaban J connectivity index is 2.58. The highest BCUT2D eigenvalue weighted by Gasteiger charge is 2.41. The topological polar surface area (TPSA) is 29.5 Å². The summed E-state index contributed by atoms with van der Waals surface area (Å²) in [6.45, 7) is 6.26. The Labute approximate surface area is 74.9 Å². The SMILES string of the molecule is CCCC1(CC)CC(O)C(C)O1. The smallest absolute Gasteiger partial charge is 0.0826 e. The molecule has 0 spiro atoms. The summed E-state index contributed by atoms with van der Waals surface area (Å²) in [6, 6.07) is 0. The minimum Gasteiger partial charge on any atom is -0.390 e. The largest absolute Gasteiger partial charge is 0.390 e. The summed E-state index contributed by atoms with van der Waals surface area (Å²) in [7, 11) is 0. The Bertz CT molecular complexity index is 135. The molecule has 0 amide bonds. The molecule has 0 aromatic heterocycles. The van der Waals surface area contributed by atoms with Crippen molar-refractivity contribution in [1.82, 2.24) is 0 Å². The van der Waals surface area contributed by atoms with Crippen LogP contribution in [0.3, 0.4) is 0 Å². The van der Waals surface area contributed by atoms with Crippen molar-refractivity contribution < 1.29 is 9.84 Å². The van der Waals surface area contributed by atoms with Crippen LogP contribution in [0.25, 0.3) is 0 Å². The molecule has 2 nitrogen and oxygen atoms in total. The minimum atomic E-state index is -0.253. The van der Waals surface area contributed by atoms with E-state index in [1.54, 1.807) is 0 Å². The zero-order chi connectivity index (χ0) is 9.19. The third-order valence-corrected chi connectivity index (χ3v) is 2.91. The van der Waals surface area contributed by atoms with Crippen LogP contribution in [0.4, 0.5) is 0 Å². The predicted octanol–water partition coefficient (Wildman–Crippen LogP) is 2.10. The van der Waals surface area contributed by atoms with Crippen LogP contribution in [-0.2, 0) is 4.74 Å². The average molecular weight is 172 g/mol. The van der Waals surface area contributed by atoms with Gasteiger partial charge in [-0.05, 0) is 19.8 Å². The number of rotatable bonds is 3. The number of hydrogen-bond acceptors (Lipinski definition) is 2. The fourth-order valence-corrected chi connectivity index (χ4v) is 2.09. The van der Waals surface area contributed by atoms with Crippen LogP contribution in [0.5, 0.6) is 0 Å². The van der Waals surface area contributed by atoms with Gasteiger partial charge in [-0.2, -0.15) is 0 Å². The molecule has 0 radical (unpaired) electrons. The summed E-state index contributed by atoms with van der Waals surface area (Å²) in [5.41, 5.74) is -0.0203. The number of ether oxygens (including phenoxy) is 1. The van der Waals surface area contributed by atoms with Crippen molar-refractivity contribution in [2.24, 2.45) is 0 Å². The molecule has 2 heteroatoms. The van der Waals surface area contributed by atoms with Crippen LogP contribution in [0.15, 0.2) is 0 Å². The number of aliphatic hydroxyl groups is 1. The lowest BCUT2D eigenvalue weighted by Crippen LogP contribution is -2.27. The maximum absolute atomic E-state index is 9.57. The second-order valence-electron chi connectivity index (χ2n) is 3.88. The van der Waals surface area contributed by atoms with Gasteiger partial charge in [0.2, 0.25) is 0 Å². The molecule has 0 aromatic carbocycles. The predicted molar refractivity (Wildman–Crippen MR) is 49.1 cm³/mol. The average Bonchev–Trinajstić information content (AvgIpc) is 2.30. The third-order valence-electron chi connectivity index (χ3n) is 2.91. The Hall–Kier alpha value is -0.0800. The van der Waals surface area contributed by atoms with Gasteiger partial charge in [-0.1, -0.05) is 20.3 Å². The second-order valence-corrected chi connectivity index (χ2v) is 3.88. The summed E-state index contributed by atoms with van der Waals surface area (Å²) >= 11 is 0. The molecule has 3 unspecified atom stereocenters. The highest BCUT2D eigenvalue weighted by molar-refractivity contribution is 4.91. The molecule has 0 saturated carbocycles. The van der Waals surface area contributed by atoms with Gasteiger partial charge < -0.3 is 9.84 Å². The lowest BCUT2D eigenvalue weighted by atomic mass is 9.91. The molecular formula is C10H20O2. The van der Waals surface area contributed by atoms with Crippen LogP contribution < -0.4 is 0 Å². The van der Waals surface area contributed by atoms with Crippen molar-refractivity contribution in [2.75, 3.05) is 0 Å². The number of hydrogen-bond donors (Lipinski definition) is 1. The fourth-order valence-electron chi connectivity index (χ4n) is 2.09. The quantitative estimate of drug-likeness (QED) is 0.706. The van der Waals surface area contributed by atoms with Gasteiger partial charge in [0.15, 0.2) is 0 Å². The van der Waals surface area contributed by atoms with Gasteiger partial charge in [0.1, 0.15) is 0 Å². The summed E-state index contributed by atoms with van der Waals surface area (Å²) in [5.74, 6) is 0. The van der Waals surface area contributed by atoms with Crippen LogP contribution in [0.1, 0.15) is 46.5 Å². The van der Waals surface area contributed by atoms with Crippen molar-refractivity contribution in [1.29, 1.82) is 0 Å². The van der Waals surface area contributed by atoms with E-state index in [2.05, 4.69) is 13.8 Å². The van der Waals surface area contributed by atoms with E-state index in [4.69, 9.17) is 4.74 Å². The van der Waals surface area contributed by atoms with Crippen molar-refractivity contribution in [3.63, 3.8) is 0 Å². The molecule has 0 aliphatic carbocycles. The van der Waals surface area contributed by atoms with Gasteiger partial charge in [0.25, 0.3) is 0 Å². The Morgan fingerprint density at radius 3 is 2.50 bits per heavy atom. The van der Waals surface area contributed by atoms with Crippen LogP contribution in [-0.4, -0.2) is 22.9 Å². The molecule has 1 N–H and O–H groups in total. The Morgan fingerprint density at radius 2 is 2.17 bits per heavy atom. The summed E-state index contributed by atoms with van der Waals surface area (Å²) in [4.78, 5) is 0. The molecule has 1 rings (SSSR count). The lowest BCUT2D eigenvalue weighted by molar-refractivity contribution is -0.0511. The van der Waals surface area contributed by atoms with E-state index in [1.807, 2.05) is 6.92 Å². The zero-order valence-corrected chi connectivity index (χ0v) is 8.34. The monoisotopic (exact) mass is 172 g/mol. The van der Waals surface area contributed by atoms with Gasteiger partial charge >= 0.3 is 0 Å². The van der Waals surface area contributed by atoms with E-state index in [0.717, 1.165) is 25.7 Å². The van der Waals surface area contributed by atoms with E-state index in [9.17, 15) is 5.11 Å². The Morgan fingerprint density at radius 1 is 1.50 bits per heavy atom. The van der Waals surface area contributed by atoms with Crippen LogP contribution in [0, 0.1) is 0 Å². The highest BCUT2D eigenvalue weighted by Crippen LogP contribution is 2.36. The van der Waals surface area contributed by atoms with Crippen LogP contribution in [0.2, 0.25) is 0 Å². The van der Waals surface area contributed by atoms with Gasteiger partial charge in [-0.15, -0.1) is 0 Å². The molecule has 1 fully saturated rings. The summed E-state index contributed by atoms with van der Waals surface area (Å²) < 4.78 is 5.80. The molecule has 3 atom stereocenters. The molecule has 0 aromatic rings. The van der Waals surface area contributed by atoms with Gasteiger partial charge in [0, 0.05) is 6.42 Å². The number of aliphatic hydroxyl groups excluding tert-OH is 1. The van der Waals surface area contributed by atoms with Gasteiger partial charge in [-0.25, -0.2) is 0 Å². The Kier molecular flexibility index (Phi) is 3.13. The van der Waals surface area contributed by atoms with Crippen molar-refractivity contribution >= 4 is 0 Å². The highest BCUT2D eigenvalue weighted by atomic mass is 16.5. The van der Waals surface area contributed by atoms with Crippen molar-refractivity contribution in [3.05, 3.63) is 0 Å². The van der Waals surface area contributed by atoms with Gasteiger partial charge in [0.05, 0.1) is 17.8 Å². The first-order valence-electron chi connectivity index (χ1n) is 4.99. The maximum atomic E-state index is 9.57. The van der Waals surface area contributed by atoms with Gasteiger partial charge in [-0.3, -0.25) is 0 Å². The molecule has 1 heterocycles. The van der Waals surface area contributed by atoms with E-state index >= 15 is 0 Å². The zero-order valence-electron chi connectivity index (χ0n) is 8.34.